The summed E-state index contributed by atoms with van der Waals surface area (Å²) in [5.74, 6) is 1.68. The van der Waals surface area contributed by atoms with Gasteiger partial charge in [0.1, 0.15) is 12.4 Å². The number of aryl methyl sites for hydroxylation is 1. The van der Waals surface area contributed by atoms with Crippen LogP contribution in [0.1, 0.15) is 5.56 Å². The van der Waals surface area contributed by atoms with E-state index in [2.05, 4.69) is 15.3 Å². The lowest BCUT2D eigenvalue weighted by Gasteiger charge is -2.07. The molecule has 0 amide bonds. The molecule has 0 atom stereocenters. The molecule has 0 fully saturated rings. The Morgan fingerprint density at radius 2 is 2.38 bits per heavy atom. The highest BCUT2D eigenvalue weighted by atomic mass is 16.5. The van der Waals surface area contributed by atoms with E-state index in [0.717, 1.165) is 18.2 Å². The van der Waals surface area contributed by atoms with Crippen LogP contribution in [0.25, 0.3) is 0 Å². The highest BCUT2D eigenvalue weighted by Gasteiger charge is 1.95. The minimum absolute atomic E-state index is 0.615. The van der Waals surface area contributed by atoms with E-state index in [0.29, 0.717) is 6.61 Å². The molecule has 0 bridgehead atoms. The number of ether oxygens (including phenoxy) is 1. The second-order valence-electron chi connectivity index (χ2n) is 3.53. The van der Waals surface area contributed by atoms with Crippen molar-refractivity contribution in [1.29, 1.82) is 0 Å². The summed E-state index contributed by atoms with van der Waals surface area (Å²) in [4.78, 5) is 7.02. The van der Waals surface area contributed by atoms with E-state index in [-0.39, 0.29) is 0 Å². The summed E-state index contributed by atoms with van der Waals surface area (Å²) < 4.78 is 5.58. The largest absolute Gasteiger partial charge is 0.492 e. The van der Waals surface area contributed by atoms with Gasteiger partial charge in [0.15, 0.2) is 5.95 Å². The lowest BCUT2D eigenvalue weighted by molar-refractivity contribution is 0.332. The smallest absolute Gasteiger partial charge is 0.200 e. The zero-order chi connectivity index (χ0) is 11.2. The normalized spacial score (nSPS) is 10.1. The van der Waals surface area contributed by atoms with Gasteiger partial charge in [0.2, 0.25) is 0 Å². The van der Waals surface area contributed by atoms with Crippen LogP contribution in [0.5, 0.6) is 5.75 Å². The Kier molecular flexibility index (Phi) is 3.43. The van der Waals surface area contributed by atoms with E-state index >= 15 is 0 Å². The fraction of sp³-hybridized carbons (Fsp3) is 0.250. The quantitative estimate of drug-likeness (QED) is 0.755. The lowest BCUT2D eigenvalue weighted by atomic mass is 10.2. The van der Waals surface area contributed by atoms with Crippen molar-refractivity contribution in [2.45, 2.75) is 6.92 Å². The Morgan fingerprint density at radius 3 is 3.12 bits per heavy atom. The van der Waals surface area contributed by atoms with Gasteiger partial charge >= 0.3 is 0 Å². The van der Waals surface area contributed by atoms with E-state index in [9.17, 15) is 0 Å². The zero-order valence-electron chi connectivity index (χ0n) is 9.23. The number of hydrogen-bond acceptors (Lipinski definition) is 3. The minimum atomic E-state index is 0.615. The molecule has 4 heteroatoms. The maximum absolute atomic E-state index is 5.58. The van der Waals surface area contributed by atoms with Gasteiger partial charge in [-0.15, -0.1) is 0 Å². The standard InChI is InChI=1S/C12H15N3O/c1-10-3-2-4-11(9-10)16-8-7-15-12-13-5-6-14-12/h2-6,9H,7-8H2,1H3,(H2,13,14,15). The molecule has 16 heavy (non-hydrogen) atoms. The summed E-state index contributed by atoms with van der Waals surface area (Å²) in [6.07, 6.45) is 3.49. The predicted molar refractivity (Wildman–Crippen MR) is 63.8 cm³/mol. The van der Waals surface area contributed by atoms with Crippen LogP contribution in [0.2, 0.25) is 0 Å². The number of imidazole rings is 1. The highest BCUT2D eigenvalue weighted by Crippen LogP contribution is 2.11. The van der Waals surface area contributed by atoms with E-state index in [1.54, 1.807) is 12.4 Å². The second kappa shape index (κ2) is 5.21. The molecular weight excluding hydrogens is 202 g/mol. The number of hydrogen-bond donors (Lipinski definition) is 2. The van der Waals surface area contributed by atoms with Gasteiger partial charge < -0.3 is 15.0 Å². The van der Waals surface area contributed by atoms with Crippen molar-refractivity contribution in [2.24, 2.45) is 0 Å². The molecule has 4 nitrogen and oxygen atoms in total. The van der Waals surface area contributed by atoms with Crippen molar-refractivity contribution in [1.82, 2.24) is 9.97 Å². The summed E-state index contributed by atoms with van der Waals surface area (Å²) in [6.45, 7) is 3.39. The average Bonchev–Trinajstić information content (AvgIpc) is 2.77. The van der Waals surface area contributed by atoms with Crippen molar-refractivity contribution in [3.8, 4) is 5.75 Å². The van der Waals surface area contributed by atoms with Gasteiger partial charge in [-0.2, -0.15) is 0 Å². The summed E-state index contributed by atoms with van der Waals surface area (Å²) >= 11 is 0. The van der Waals surface area contributed by atoms with Gasteiger partial charge in [0.25, 0.3) is 0 Å². The SMILES string of the molecule is Cc1cccc(OCCNc2ncc[nH]2)c1. The van der Waals surface area contributed by atoms with E-state index < -0.39 is 0 Å². The minimum Gasteiger partial charge on any atom is -0.492 e. The zero-order valence-corrected chi connectivity index (χ0v) is 9.23. The van der Waals surface area contributed by atoms with Crippen molar-refractivity contribution < 1.29 is 4.74 Å². The average molecular weight is 217 g/mol. The molecule has 0 aliphatic rings. The Balaban J connectivity index is 1.72. The van der Waals surface area contributed by atoms with Crippen LogP contribution in [0, 0.1) is 6.92 Å². The maximum Gasteiger partial charge on any atom is 0.200 e. The third kappa shape index (κ3) is 3.02. The molecule has 0 radical (unpaired) electrons. The van der Waals surface area contributed by atoms with Crippen LogP contribution in [0.3, 0.4) is 0 Å². The predicted octanol–water partition coefficient (Wildman–Crippen LogP) is 2.21. The first-order valence-electron chi connectivity index (χ1n) is 5.27. The van der Waals surface area contributed by atoms with E-state index in [1.165, 1.54) is 5.56 Å². The second-order valence-corrected chi connectivity index (χ2v) is 3.53. The Bertz CT molecular complexity index is 426. The Morgan fingerprint density at radius 1 is 1.44 bits per heavy atom. The van der Waals surface area contributed by atoms with Gasteiger partial charge in [-0.3, -0.25) is 0 Å². The van der Waals surface area contributed by atoms with Crippen molar-refractivity contribution in [3.63, 3.8) is 0 Å². The molecule has 0 saturated carbocycles. The van der Waals surface area contributed by atoms with Crippen molar-refractivity contribution in [2.75, 3.05) is 18.5 Å². The monoisotopic (exact) mass is 217 g/mol. The van der Waals surface area contributed by atoms with Crippen LogP contribution in [-0.2, 0) is 0 Å². The fourth-order valence-electron chi connectivity index (χ4n) is 1.41. The summed E-state index contributed by atoms with van der Waals surface area (Å²) in [5, 5.41) is 3.12. The van der Waals surface area contributed by atoms with Gasteiger partial charge in [0.05, 0.1) is 6.54 Å². The molecule has 0 unspecified atom stereocenters. The van der Waals surface area contributed by atoms with Crippen LogP contribution < -0.4 is 10.1 Å². The van der Waals surface area contributed by atoms with Gasteiger partial charge in [0, 0.05) is 12.4 Å². The molecule has 1 aromatic carbocycles. The van der Waals surface area contributed by atoms with Crippen molar-refractivity contribution >= 4 is 5.95 Å². The third-order valence-corrected chi connectivity index (χ3v) is 2.15. The molecule has 0 saturated heterocycles. The first kappa shape index (κ1) is 10.5. The molecule has 1 heterocycles. The molecule has 0 spiro atoms. The Labute approximate surface area is 94.7 Å². The summed E-state index contributed by atoms with van der Waals surface area (Å²) in [7, 11) is 0. The number of aromatic amines is 1. The lowest BCUT2D eigenvalue weighted by Crippen LogP contribution is -2.12. The van der Waals surface area contributed by atoms with Gasteiger partial charge in [-0.25, -0.2) is 4.98 Å². The number of nitrogens with one attached hydrogen (secondary N) is 2. The molecule has 2 N–H and O–H groups in total. The van der Waals surface area contributed by atoms with E-state index in [4.69, 9.17) is 4.74 Å². The van der Waals surface area contributed by atoms with Crippen LogP contribution in [-0.4, -0.2) is 23.1 Å². The molecule has 0 aliphatic heterocycles. The Hall–Kier alpha value is -1.97. The first-order chi connectivity index (χ1) is 7.84. The number of benzene rings is 1. The van der Waals surface area contributed by atoms with Crippen LogP contribution in [0.15, 0.2) is 36.7 Å². The third-order valence-electron chi connectivity index (χ3n) is 2.15. The number of aromatic nitrogens is 2. The maximum atomic E-state index is 5.58. The van der Waals surface area contributed by atoms with Crippen molar-refractivity contribution in [3.05, 3.63) is 42.2 Å². The topological polar surface area (TPSA) is 49.9 Å². The van der Waals surface area contributed by atoms with Crippen LogP contribution in [0.4, 0.5) is 5.95 Å². The first-order valence-corrected chi connectivity index (χ1v) is 5.27. The number of nitrogens with zero attached hydrogens (tertiary/aromatic N) is 1. The molecule has 84 valence electrons. The highest BCUT2D eigenvalue weighted by molar-refractivity contribution is 5.27. The molecule has 2 rings (SSSR count). The van der Waals surface area contributed by atoms with E-state index in [1.807, 2.05) is 31.2 Å². The molecule has 1 aromatic heterocycles. The number of H-pyrrole nitrogens is 1. The van der Waals surface area contributed by atoms with Gasteiger partial charge in [-0.1, -0.05) is 12.1 Å². The van der Waals surface area contributed by atoms with Gasteiger partial charge in [-0.05, 0) is 24.6 Å². The molecule has 2 aromatic rings. The summed E-state index contributed by atoms with van der Waals surface area (Å²) in [6, 6.07) is 8.02. The summed E-state index contributed by atoms with van der Waals surface area (Å²) in [5.41, 5.74) is 1.21. The number of rotatable bonds is 5. The molecular formula is C12H15N3O. The van der Waals surface area contributed by atoms with Crippen LogP contribution >= 0.6 is 0 Å². The number of anilines is 1. The fourth-order valence-corrected chi connectivity index (χ4v) is 1.41. The molecule has 0 aliphatic carbocycles.